The SMILES string of the molecule is [CH-]=C1CCC[C@@]2(C)C1CC[C@@H]2C(C)CCC(CC(=C)C)Nc1ccc(C)cc1.[Y]. The van der Waals surface area contributed by atoms with Crippen LogP contribution in [0.1, 0.15) is 77.7 Å². The van der Waals surface area contributed by atoms with E-state index in [4.69, 9.17) is 6.58 Å². The Morgan fingerprint density at radius 2 is 1.93 bits per heavy atom. The van der Waals surface area contributed by atoms with Crippen molar-refractivity contribution in [3.8, 4) is 0 Å². The van der Waals surface area contributed by atoms with Gasteiger partial charge in [0.2, 0.25) is 0 Å². The summed E-state index contributed by atoms with van der Waals surface area (Å²) in [5.74, 6) is 2.25. The fraction of sp³-hybridized carbons (Fsp3) is 0.630. The third kappa shape index (κ3) is 6.07. The van der Waals surface area contributed by atoms with Crippen LogP contribution in [-0.2, 0) is 32.7 Å². The Morgan fingerprint density at radius 1 is 1.24 bits per heavy atom. The van der Waals surface area contributed by atoms with Crippen molar-refractivity contribution in [1.82, 2.24) is 0 Å². The van der Waals surface area contributed by atoms with Crippen LogP contribution in [0.4, 0.5) is 5.69 Å². The van der Waals surface area contributed by atoms with E-state index in [0.29, 0.717) is 17.4 Å². The topological polar surface area (TPSA) is 12.0 Å². The van der Waals surface area contributed by atoms with Gasteiger partial charge in [-0.1, -0.05) is 50.0 Å². The number of nitrogens with one attached hydrogen (secondary N) is 1. The zero-order chi connectivity index (χ0) is 20.3. The first-order valence-electron chi connectivity index (χ1n) is 11.4. The molecule has 0 spiro atoms. The molecule has 2 aliphatic rings. The van der Waals surface area contributed by atoms with Gasteiger partial charge in [0.15, 0.2) is 0 Å². The summed E-state index contributed by atoms with van der Waals surface area (Å²) >= 11 is 0. The van der Waals surface area contributed by atoms with Crippen LogP contribution in [0.5, 0.6) is 0 Å². The Morgan fingerprint density at radius 3 is 2.59 bits per heavy atom. The van der Waals surface area contributed by atoms with Gasteiger partial charge in [0.1, 0.15) is 0 Å². The minimum atomic E-state index is 0. The Hall–Kier alpha value is -0.396. The van der Waals surface area contributed by atoms with Crippen molar-refractivity contribution in [2.24, 2.45) is 23.2 Å². The Balaban J connectivity index is 0.00000300. The monoisotopic (exact) mass is 467 g/mol. The largest absolute Gasteiger partial charge is 0.514 e. The maximum Gasteiger partial charge on any atom is 0.0342 e. The molecule has 1 aromatic carbocycles. The molecule has 1 radical (unpaired) electrons. The third-order valence-corrected chi connectivity index (χ3v) is 7.71. The van der Waals surface area contributed by atoms with E-state index in [-0.39, 0.29) is 32.7 Å². The molecular weight excluding hydrogens is 427 g/mol. The smallest absolute Gasteiger partial charge is 0.0342 e. The zero-order valence-electron chi connectivity index (χ0n) is 19.1. The molecule has 0 bridgehead atoms. The van der Waals surface area contributed by atoms with Crippen LogP contribution >= 0.6 is 0 Å². The van der Waals surface area contributed by atoms with Gasteiger partial charge in [-0.05, 0) is 87.7 Å². The number of hydrogen-bond donors (Lipinski definition) is 1. The second-order valence-electron chi connectivity index (χ2n) is 10.1. The molecule has 1 nitrogen and oxygen atoms in total. The molecule has 157 valence electrons. The van der Waals surface area contributed by atoms with Gasteiger partial charge in [0.05, 0.1) is 0 Å². The van der Waals surface area contributed by atoms with Gasteiger partial charge in [-0.15, -0.1) is 6.58 Å². The number of rotatable bonds is 8. The molecular formula is C27H40NY-. The summed E-state index contributed by atoms with van der Waals surface area (Å²) < 4.78 is 0. The first-order valence-corrected chi connectivity index (χ1v) is 11.4. The number of hydrogen-bond acceptors (Lipinski definition) is 1. The van der Waals surface area contributed by atoms with Crippen molar-refractivity contribution in [3.05, 3.63) is 54.1 Å². The Bertz CT molecular complexity index is 691. The van der Waals surface area contributed by atoms with Gasteiger partial charge in [0.25, 0.3) is 0 Å². The molecule has 2 aliphatic carbocycles. The molecule has 29 heavy (non-hydrogen) atoms. The standard InChI is InChI=1S/C27H40N.Y/c1-19(2)18-24(28-23-12-9-20(3)10-13-23)14-11-22(5)26-16-15-25-21(4)8-7-17-27(25,26)6;/h4,9-10,12-13,22,24-26,28H,1,7-8,11,14-18H2,2-3,5-6H3;/q-1;/t22?,24?,25?,26-,27+;/m1./s1. The van der Waals surface area contributed by atoms with Crippen molar-refractivity contribution >= 4 is 5.69 Å². The molecule has 2 heteroatoms. The van der Waals surface area contributed by atoms with E-state index in [1.165, 1.54) is 60.9 Å². The molecule has 0 amide bonds. The predicted octanol–water partition coefficient (Wildman–Crippen LogP) is 7.73. The molecule has 3 rings (SSSR count). The van der Waals surface area contributed by atoms with Crippen molar-refractivity contribution in [2.75, 3.05) is 5.32 Å². The second-order valence-corrected chi connectivity index (χ2v) is 10.1. The fourth-order valence-corrected chi connectivity index (χ4v) is 6.21. The molecule has 0 heterocycles. The average Bonchev–Trinajstić information content (AvgIpc) is 2.99. The van der Waals surface area contributed by atoms with Gasteiger partial charge < -0.3 is 11.9 Å². The molecule has 5 atom stereocenters. The van der Waals surface area contributed by atoms with Crippen LogP contribution < -0.4 is 5.32 Å². The summed E-state index contributed by atoms with van der Waals surface area (Å²) in [7, 11) is 0. The van der Waals surface area contributed by atoms with E-state index in [0.717, 1.165) is 24.7 Å². The third-order valence-electron chi connectivity index (χ3n) is 7.71. The second kappa shape index (κ2) is 10.8. The number of fused-ring (bicyclic) bond motifs is 1. The van der Waals surface area contributed by atoms with Crippen LogP contribution in [-0.4, -0.2) is 6.04 Å². The molecule has 2 saturated carbocycles. The van der Waals surface area contributed by atoms with Gasteiger partial charge in [-0.25, -0.2) is 0 Å². The van der Waals surface area contributed by atoms with Crippen LogP contribution in [0.2, 0.25) is 0 Å². The van der Waals surface area contributed by atoms with Crippen LogP contribution in [0.3, 0.4) is 0 Å². The summed E-state index contributed by atoms with van der Waals surface area (Å²) in [5, 5.41) is 3.77. The Kier molecular flexibility index (Phi) is 9.23. The van der Waals surface area contributed by atoms with Crippen molar-refractivity contribution in [2.45, 2.75) is 85.1 Å². The van der Waals surface area contributed by atoms with Crippen molar-refractivity contribution in [3.63, 3.8) is 0 Å². The summed E-state index contributed by atoms with van der Waals surface area (Å²) in [6.45, 7) is 19.9. The maximum absolute atomic E-state index is 6.44. The van der Waals surface area contributed by atoms with Crippen LogP contribution in [0.15, 0.2) is 42.0 Å². The maximum atomic E-state index is 6.44. The van der Waals surface area contributed by atoms with E-state index < -0.39 is 0 Å². The molecule has 1 aromatic rings. The first kappa shape index (κ1) is 24.9. The van der Waals surface area contributed by atoms with E-state index in [9.17, 15) is 0 Å². The predicted molar refractivity (Wildman–Crippen MR) is 122 cm³/mol. The van der Waals surface area contributed by atoms with Gasteiger partial charge in [-0.3, -0.25) is 5.57 Å². The number of allylic oxidation sites excluding steroid dienone is 1. The molecule has 0 saturated heterocycles. The normalized spacial score (nSPS) is 28.2. The molecule has 3 unspecified atom stereocenters. The quantitative estimate of drug-likeness (QED) is 0.305. The van der Waals surface area contributed by atoms with E-state index in [1.54, 1.807) is 0 Å². The van der Waals surface area contributed by atoms with Crippen molar-refractivity contribution < 1.29 is 32.7 Å². The average molecular weight is 468 g/mol. The van der Waals surface area contributed by atoms with E-state index in [1.807, 2.05) is 0 Å². The van der Waals surface area contributed by atoms with Crippen molar-refractivity contribution in [1.29, 1.82) is 0 Å². The number of anilines is 1. The molecule has 0 aromatic heterocycles. The van der Waals surface area contributed by atoms with Gasteiger partial charge in [-0.2, -0.15) is 0 Å². The zero-order valence-corrected chi connectivity index (χ0v) is 22.0. The Labute approximate surface area is 205 Å². The molecule has 0 aliphatic heterocycles. The molecule has 1 N–H and O–H groups in total. The number of aryl methyl sites for hydroxylation is 1. The summed E-state index contributed by atoms with van der Waals surface area (Å²) in [6, 6.07) is 9.25. The number of benzene rings is 1. The minimum Gasteiger partial charge on any atom is -0.514 e. The fourth-order valence-electron chi connectivity index (χ4n) is 6.21. The summed E-state index contributed by atoms with van der Waals surface area (Å²) in [6.07, 6.45) is 10.0. The van der Waals surface area contributed by atoms with Crippen LogP contribution in [0, 0.1) is 36.7 Å². The summed E-state index contributed by atoms with van der Waals surface area (Å²) in [4.78, 5) is 0. The minimum absolute atomic E-state index is 0. The molecule has 2 fully saturated rings. The summed E-state index contributed by atoms with van der Waals surface area (Å²) in [5.41, 5.74) is 5.54. The van der Waals surface area contributed by atoms with E-state index >= 15 is 0 Å². The van der Waals surface area contributed by atoms with Gasteiger partial charge >= 0.3 is 0 Å². The van der Waals surface area contributed by atoms with E-state index in [2.05, 4.69) is 63.9 Å². The van der Waals surface area contributed by atoms with Crippen LogP contribution in [0.25, 0.3) is 0 Å². The van der Waals surface area contributed by atoms with Gasteiger partial charge in [0, 0.05) is 44.4 Å². The first-order chi connectivity index (χ1) is 13.3.